The quantitative estimate of drug-likeness (QED) is 0.115. The Hall–Kier alpha value is -2.62. The van der Waals surface area contributed by atoms with Crippen molar-refractivity contribution in [3.63, 3.8) is 0 Å². The normalized spacial score (nSPS) is 13.9. The molecule has 0 N–H and O–H groups in total. The Morgan fingerprint density at radius 3 is 2.11 bits per heavy atom. The minimum absolute atomic E-state index is 0.109. The summed E-state index contributed by atoms with van der Waals surface area (Å²) in [7, 11) is 2.64. The number of rotatable bonds is 11. The summed E-state index contributed by atoms with van der Waals surface area (Å²) in [6.45, 7) is 26.5. The molecule has 1 aromatic carbocycles. The molecule has 3 rings (SSSR count). The van der Waals surface area contributed by atoms with E-state index < -0.39 is 5.41 Å². The number of nitrogens with zero attached hydrogens (tertiary/aromatic N) is 2. The van der Waals surface area contributed by atoms with Crippen LogP contribution < -0.4 is 5.30 Å². The van der Waals surface area contributed by atoms with Crippen LogP contribution in [0.15, 0.2) is 51.9 Å². The van der Waals surface area contributed by atoms with Gasteiger partial charge in [-0.05, 0) is 61.2 Å². The lowest BCUT2D eigenvalue weighted by Gasteiger charge is -2.33. The van der Waals surface area contributed by atoms with E-state index in [0.717, 1.165) is 28.5 Å². The van der Waals surface area contributed by atoms with Crippen molar-refractivity contribution in [1.29, 1.82) is 0 Å². The highest BCUT2D eigenvalue weighted by atomic mass is 35.5. The largest absolute Gasteiger partial charge is 0.451 e. The van der Waals surface area contributed by atoms with E-state index in [2.05, 4.69) is 62.7 Å². The molecule has 0 saturated heterocycles. The highest BCUT2D eigenvalue weighted by Gasteiger charge is 2.39. The average Bonchev–Trinajstić information content (AvgIpc) is 3.48. The molecule has 0 saturated carbocycles. The number of hydrogen-bond acceptors (Lipinski definition) is 5. The number of aliphatic imine (C=N–C) groups is 1. The fourth-order valence-electron chi connectivity index (χ4n) is 4.73. The van der Waals surface area contributed by atoms with Crippen LogP contribution in [0.1, 0.15) is 132 Å². The number of hydrogen-bond donors (Lipinski definition) is 0. The average molecular weight is 683 g/mol. The van der Waals surface area contributed by atoms with Crippen LogP contribution >= 0.6 is 20.8 Å². The summed E-state index contributed by atoms with van der Waals surface area (Å²) in [6.07, 6.45) is 9.99. The molecular formula is C40H60ClN2O3P. The summed E-state index contributed by atoms with van der Waals surface area (Å²) >= 11 is 6.21. The third kappa shape index (κ3) is 12.1. The predicted octanol–water partition coefficient (Wildman–Crippen LogP) is 11.6. The number of halogens is 1. The van der Waals surface area contributed by atoms with Gasteiger partial charge in [-0.3, -0.25) is 14.6 Å². The van der Waals surface area contributed by atoms with Crippen LogP contribution in [0.2, 0.25) is 5.02 Å². The fourth-order valence-corrected chi connectivity index (χ4v) is 5.12. The molecule has 0 aliphatic heterocycles. The van der Waals surface area contributed by atoms with Crippen molar-refractivity contribution in [2.75, 3.05) is 0 Å². The lowest BCUT2D eigenvalue weighted by atomic mass is 9.69. The Bertz CT molecular complexity index is 1510. The van der Waals surface area contributed by atoms with E-state index >= 15 is 0 Å². The molecule has 0 bridgehead atoms. The lowest BCUT2D eigenvalue weighted by Crippen LogP contribution is -2.37. The van der Waals surface area contributed by atoms with Gasteiger partial charge in [0.1, 0.15) is 11.3 Å². The van der Waals surface area contributed by atoms with E-state index in [1.54, 1.807) is 6.07 Å². The van der Waals surface area contributed by atoms with E-state index in [1.165, 1.54) is 12.8 Å². The van der Waals surface area contributed by atoms with Gasteiger partial charge in [-0.1, -0.05) is 113 Å². The van der Waals surface area contributed by atoms with Crippen LogP contribution in [0, 0.1) is 17.3 Å². The van der Waals surface area contributed by atoms with Gasteiger partial charge in [0, 0.05) is 52.2 Å². The molecular weight excluding hydrogens is 623 g/mol. The van der Waals surface area contributed by atoms with Crippen molar-refractivity contribution in [3.05, 3.63) is 58.8 Å². The second kappa shape index (κ2) is 19.4. The Morgan fingerprint density at radius 1 is 1.00 bits per heavy atom. The van der Waals surface area contributed by atoms with Gasteiger partial charge >= 0.3 is 0 Å². The number of pyridine rings is 1. The monoisotopic (exact) mass is 682 g/mol. The molecule has 47 heavy (non-hydrogen) atoms. The molecule has 5 nitrogen and oxygen atoms in total. The Labute approximate surface area is 292 Å². The number of furan rings is 1. The summed E-state index contributed by atoms with van der Waals surface area (Å²) in [5.74, 6) is -0.183. The van der Waals surface area contributed by atoms with Crippen molar-refractivity contribution in [2.45, 2.75) is 127 Å². The molecule has 0 amide bonds. The maximum Gasteiger partial charge on any atom is 0.201 e. The Morgan fingerprint density at radius 2 is 1.62 bits per heavy atom. The van der Waals surface area contributed by atoms with Crippen molar-refractivity contribution >= 4 is 55.0 Å². The second-order valence-electron chi connectivity index (χ2n) is 13.9. The van der Waals surface area contributed by atoms with Gasteiger partial charge in [-0.2, -0.15) is 0 Å². The summed E-state index contributed by atoms with van der Waals surface area (Å²) in [5.41, 5.74) is 3.18. The first-order valence-electron chi connectivity index (χ1n) is 17.1. The molecule has 4 atom stereocenters. The van der Waals surface area contributed by atoms with Gasteiger partial charge in [0.05, 0.1) is 5.69 Å². The van der Waals surface area contributed by atoms with Crippen molar-refractivity contribution in [2.24, 2.45) is 22.2 Å². The number of benzene rings is 1. The maximum atomic E-state index is 13.5. The van der Waals surface area contributed by atoms with Crippen molar-refractivity contribution in [1.82, 2.24) is 4.98 Å². The van der Waals surface area contributed by atoms with Crippen molar-refractivity contribution in [3.8, 4) is 11.3 Å². The fraction of sp³-hybridized carbons (Fsp3) is 0.550. The van der Waals surface area contributed by atoms with Crippen LogP contribution in [0.3, 0.4) is 0 Å². The smallest absolute Gasteiger partial charge is 0.201 e. The van der Waals surface area contributed by atoms with Gasteiger partial charge in [0.25, 0.3) is 0 Å². The first-order valence-corrected chi connectivity index (χ1v) is 18.1. The molecule has 260 valence electrons. The standard InChI is InChI=1S/C28H35ClNO3P.C8H15N.C4H10/c1-9-24(31)28(7,8)16(3)15(2)25(32)22-14-21-26(33-22)18(27(4,5)6)13-20(30-21)17-10-11-19(29)23(34)12-17;1-4-6-7-9-8(3)5-2;1-3-4-2/h10-16H,9,34H2,1-8H3;4,6-8H,5H2,1-3H3;3-4H2,1-2H3/b;6-4-,9-7?;. The van der Waals surface area contributed by atoms with Gasteiger partial charge in [-0.15, -0.1) is 9.24 Å². The number of ketones is 2. The van der Waals surface area contributed by atoms with Crippen LogP contribution in [0.25, 0.3) is 22.4 Å². The zero-order chi connectivity index (χ0) is 36.1. The van der Waals surface area contributed by atoms with E-state index in [4.69, 9.17) is 21.0 Å². The zero-order valence-electron chi connectivity index (χ0n) is 31.3. The topological polar surface area (TPSA) is 72.5 Å². The van der Waals surface area contributed by atoms with Crippen LogP contribution in [0.5, 0.6) is 0 Å². The summed E-state index contributed by atoms with van der Waals surface area (Å²) in [4.78, 5) is 35.0. The first-order chi connectivity index (χ1) is 21.9. The van der Waals surface area contributed by atoms with E-state index in [9.17, 15) is 9.59 Å². The molecule has 0 radical (unpaired) electrons. The summed E-state index contributed by atoms with van der Waals surface area (Å²) in [5, 5.41) is 1.57. The maximum absolute atomic E-state index is 13.5. The summed E-state index contributed by atoms with van der Waals surface area (Å²) in [6, 6.07) is 10.0. The Kier molecular flexibility index (Phi) is 17.5. The van der Waals surface area contributed by atoms with E-state index in [1.807, 2.05) is 84.2 Å². The number of allylic oxidation sites excluding steroid dienone is 2. The second-order valence-corrected chi connectivity index (χ2v) is 14.9. The number of unbranched alkanes of at least 4 members (excludes halogenated alkanes) is 1. The predicted molar refractivity (Wildman–Crippen MR) is 208 cm³/mol. The Balaban J connectivity index is 0.000000717. The van der Waals surface area contributed by atoms with Gasteiger partial charge in [0.15, 0.2) is 11.3 Å². The van der Waals surface area contributed by atoms with E-state index in [0.29, 0.717) is 28.6 Å². The first kappa shape index (κ1) is 42.4. The molecule has 2 aromatic heterocycles. The molecule has 0 fully saturated rings. The SMILES string of the molecule is C/C=C\C=NC(C)CC.CCC(=O)C(C)(C)C(C)C(C)C(=O)c1cc2nc(-c3ccc(Cl)c(P)c3)cc(C(C)(C)C)c2o1.CCCC. The van der Waals surface area contributed by atoms with Gasteiger partial charge < -0.3 is 4.42 Å². The number of carbonyl (C=O) groups excluding carboxylic acids is 2. The molecule has 0 aliphatic rings. The minimum atomic E-state index is -0.595. The third-order valence-corrected chi connectivity index (χ3v) is 9.88. The zero-order valence-corrected chi connectivity index (χ0v) is 33.2. The van der Waals surface area contributed by atoms with Crippen LogP contribution in [-0.4, -0.2) is 28.8 Å². The van der Waals surface area contributed by atoms with Crippen molar-refractivity contribution < 1.29 is 14.0 Å². The number of fused-ring (bicyclic) bond motifs is 1. The van der Waals surface area contributed by atoms with E-state index in [-0.39, 0.29) is 34.6 Å². The molecule has 0 aliphatic carbocycles. The molecule has 3 aromatic rings. The minimum Gasteiger partial charge on any atom is -0.451 e. The molecule has 0 spiro atoms. The number of carbonyl (C=O) groups is 2. The lowest BCUT2D eigenvalue weighted by molar-refractivity contribution is -0.129. The highest BCUT2D eigenvalue weighted by Crippen LogP contribution is 2.38. The molecule has 2 heterocycles. The number of aromatic nitrogens is 1. The third-order valence-electron chi connectivity index (χ3n) is 8.87. The van der Waals surface area contributed by atoms with Crippen LogP contribution in [-0.2, 0) is 10.2 Å². The van der Waals surface area contributed by atoms with Gasteiger partial charge in [0.2, 0.25) is 5.78 Å². The number of Topliss-reactive ketones (excluding diaryl/α,β-unsaturated/α-hetero) is 2. The molecule has 4 unspecified atom stereocenters. The van der Waals surface area contributed by atoms with Gasteiger partial charge in [-0.25, -0.2) is 4.98 Å². The molecule has 7 heteroatoms. The van der Waals surface area contributed by atoms with Crippen LogP contribution in [0.4, 0.5) is 0 Å². The summed E-state index contributed by atoms with van der Waals surface area (Å²) < 4.78 is 6.17. The highest BCUT2D eigenvalue weighted by molar-refractivity contribution is 7.28.